The molecule has 1 aliphatic heterocycles. The Kier molecular flexibility index (Phi) is 8.04. The second kappa shape index (κ2) is 12.2. The highest BCUT2D eigenvalue weighted by Gasteiger charge is 2.48. The van der Waals surface area contributed by atoms with E-state index in [0.717, 1.165) is 15.8 Å². The quantitative estimate of drug-likeness (QED) is 0.107. The van der Waals surface area contributed by atoms with Crippen LogP contribution in [0.1, 0.15) is 35.2 Å². The number of aliphatic hydroxyl groups is 1. The smallest absolute Gasteiger partial charge is 0.301 e. The maximum atomic E-state index is 13.7. The molecule has 0 radical (unpaired) electrons. The van der Waals surface area contributed by atoms with Crippen LogP contribution in [0.5, 0.6) is 17.2 Å². The summed E-state index contributed by atoms with van der Waals surface area (Å²) in [4.78, 5) is 33.5. The Bertz CT molecular complexity index is 1880. The first-order valence-corrected chi connectivity index (χ1v) is 15.0. The van der Waals surface area contributed by atoms with Gasteiger partial charge in [-0.25, -0.2) is 4.98 Å². The average molecular weight is 607 g/mol. The molecule has 1 fully saturated rings. The lowest BCUT2D eigenvalue weighted by Gasteiger charge is -2.24. The number of ketones is 1. The van der Waals surface area contributed by atoms with Crippen LogP contribution in [0.4, 0.5) is 5.13 Å². The van der Waals surface area contributed by atoms with E-state index >= 15 is 0 Å². The molecule has 1 aromatic heterocycles. The number of methoxy groups -OCH3 is 1. The minimum atomic E-state index is -0.972. The minimum Gasteiger partial charge on any atom is -0.507 e. The number of rotatable bonds is 9. The Morgan fingerprint density at radius 1 is 0.932 bits per heavy atom. The van der Waals surface area contributed by atoms with Crippen molar-refractivity contribution in [2.45, 2.75) is 26.5 Å². The Hall–Kier alpha value is -5.15. The van der Waals surface area contributed by atoms with Gasteiger partial charge in [0, 0.05) is 5.56 Å². The molecule has 1 aliphatic rings. The fraction of sp³-hybridized carbons (Fsp3) is 0.171. The van der Waals surface area contributed by atoms with Crippen molar-refractivity contribution in [3.8, 4) is 17.2 Å². The highest BCUT2D eigenvalue weighted by atomic mass is 32.1. The van der Waals surface area contributed by atoms with Crippen LogP contribution in [0.25, 0.3) is 16.0 Å². The van der Waals surface area contributed by atoms with Crippen molar-refractivity contribution in [3.63, 3.8) is 0 Å². The molecule has 8 nitrogen and oxygen atoms in total. The van der Waals surface area contributed by atoms with Crippen molar-refractivity contribution in [1.29, 1.82) is 0 Å². The van der Waals surface area contributed by atoms with Crippen LogP contribution in [-0.2, 0) is 16.2 Å². The van der Waals surface area contributed by atoms with E-state index in [9.17, 15) is 14.7 Å². The second-order valence-electron chi connectivity index (χ2n) is 10.3. The molecule has 1 amide bonds. The van der Waals surface area contributed by atoms with E-state index in [1.165, 1.54) is 23.3 Å². The lowest BCUT2D eigenvalue weighted by Crippen LogP contribution is -2.29. The molecule has 2 heterocycles. The Morgan fingerprint density at radius 3 is 2.43 bits per heavy atom. The number of ether oxygens (including phenoxy) is 3. The Labute approximate surface area is 258 Å². The third kappa shape index (κ3) is 5.49. The number of aliphatic hydroxyl groups excluding tert-OH is 1. The van der Waals surface area contributed by atoms with Crippen LogP contribution in [0.3, 0.4) is 0 Å². The standard InChI is InChI=1S/C35H30N2O6S/c1-4-42-25-15-16-26-29(19-25)44-35(36-26)37-31(30(33(39)34(37)40)32(38)23-12-10-21(2)11-13-23)24-14-17-27(28(18-24)41-3)43-20-22-8-6-5-7-9-22/h5-19,31,38H,4,20H2,1-3H3/b32-30+. The van der Waals surface area contributed by atoms with Gasteiger partial charge in [0.25, 0.3) is 5.78 Å². The van der Waals surface area contributed by atoms with Crippen LogP contribution >= 0.6 is 11.3 Å². The zero-order valence-electron chi connectivity index (χ0n) is 24.4. The molecule has 5 aromatic rings. The maximum Gasteiger partial charge on any atom is 0.301 e. The highest BCUT2D eigenvalue weighted by molar-refractivity contribution is 7.22. The van der Waals surface area contributed by atoms with E-state index in [4.69, 9.17) is 19.2 Å². The number of carbonyl (C=O) groups is 2. The monoisotopic (exact) mass is 606 g/mol. The number of hydrogen-bond acceptors (Lipinski definition) is 8. The number of benzene rings is 4. The number of aromatic nitrogens is 1. The zero-order chi connectivity index (χ0) is 30.8. The van der Waals surface area contributed by atoms with Crippen LogP contribution in [-0.4, -0.2) is 35.5 Å². The lowest BCUT2D eigenvalue weighted by molar-refractivity contribution is -0.132. The summed E-state index contributed by atoms with van der Waals surface area (Å²) in [5, 5.41) is 11.8. The summed E-state index contributed by atoms with van der Waals surface area (Å²) < 4.78 is 18.2. The number of amides is 1. The van der Waals surface area contributed by atoms with E-state index < -0.39 is 17.7 Å². The van der Waals surface area contributed by atoms with Crippen molar-refractivity contribution >= 4 is 44.1 Å². The number of anilines is 1. The SMILES string of the molecule is CCOc1ccc2nc(N3C(=O)C(=O)/C(=C(/O)c4ccc(C)cc4)C3c3ccc(OCc4ccccc4)c(OC)c3)sc2c1. The summed E-state index contributed by atoms with van der Waals surface area (Å²) >= 11 is 1.27. The van der Waals surface area contributed by atoms with Crippen LogP contribution in [0.2, 0.25) is 0 Å². The normalized spacial score (nSPS) is 16.0. The van der Waals surface area contributed by atoms with Crippen molar-refractivity contribution in [2.24, 2.45) is 0 Å². The van der Waals surface area contributed by atoms with Crippen molar-refractivity contribution in [1.82, 2.24) is 4.98 Å². The summed E-state index contributed by atoms with van der Waals surface area (Å²) in [5.74, 6) is -0.242. The number of carbonyl (C=O) groups excluding carboxylic acids is 2. The average Bonchev–Trinajstić information content (AvgIpc) is 3.58. The third-order valence-electron chi connectivity index (χ3n) is 7.38. The van der Waals surface area contributed by atoms with Crippen LogP contribution in [0.15, 0.2) is 96.6 Å². The number of fused-ring (bicyclic) bond motifs is 1. The lowest BCUT2D eigenvalue weighted by atomic mass is 9.95. The molecule has 0 spiro atoms. The summed E-state index contributed by atoms with van der Waals surface area (Å²) in [6, 6.07) is 26.7. The topological polar surface area (TPSA) is 98.2 Å². The molecule has 44 heavy (non-hydrogen) atoms. The minimum absolute atomic E-state index is 0.0341. The third-order valence-corrected chi connectivity index (χ3v) is 8.39. The second-order valence-corrected chi connectivity index (χ2v) is 11.3. The largest absolute Gasteiger partial charge is 0.507 e. The summed E-state index contributed by atoms with van der Waals surface area (Å²) in [6.45, 7) is 4.68. The van der Waals surface area contributed by atoms with E-state index in [1.807, 2.05) is 74.5 Å². The highest BCUT2D eigenvalue weighted by Crippen LogP contribution is 2.46. The molecule has 0 saturated carbocycles. The summed E-state index contributed by atoms with van der Waals surface area (Å²) in [6.07, 6.45) is 0. The van der Waals surface area contributed by atoms with Gasteiger partial charge in [-0.15, -0.1) is 0 Å². The molecule has 9 heteroatoms. The fourth-order valence-corrected chi connectivity index (χ4v) is 6.19. The molecule has 222 valence electrons. The molecule has 0 aliphatic carbocycles. The molecule has 4 aromatic carbocycles. The predicted molar refractivity (Wildman–Crippen MR) is 171 cm³/mol. The molecule has 1 saturated heterocycles. The van der Waals surface area contributed by atoms with E-state index in [2.05, 4.69) is 0 Å². The van der Waals surface area contributed by atoms with Crippen molar-refractivity contribution < 1.29 is 28.9 Å². The van der Waals surface area contributed by atoms with Gasteiger partial charge in [0.1, 0.15) is 18.1 Å². The maximum absolute atomic E-state index is 13.7. The van der Waals surface area contributed by atoms with Gasteiger partial charge in [-0.2, -0.15) is 0 Å². The van der Waals surface area contributed by atoms with Gasteiger partial charge in [0.05, 0.1) is 35.5 Å². The van der Waals surface area contributed by atoms with Gasteiger partial charge < -0.3 is 19.3 Å². The zero-order valence-corrected chi connectivity index (χ0v) is 25.3. The number of hydrogen-bond donors (Lipinski definition) is 1. The van der Waals surface area contributed by atoms with Crippen molar-refractivity contribution in [2.75, 3.05) is 18.6 Å². The van der Waals surface area contributed by atoms with Crippen molar-refractivity contribution in [3.05, 3.63) is 119 Å². The van der Waals surface area contributed by atoms with Gasteiger partial charge in [-0.3, -0.25) is 14.5 Å². The molecule has 6 rings (SSSR count). The molecular weight excluding hydrogens is 576 g/mol. The van der Waals surface area contributed by atoms with Crippen LogP contribution < -0.4 is 19.1 Å². The Balaban J connectivity index is 1.47. The first-order valence-electron chi connectivity index (χ1n) is 14.1. The number of Topliss-reactive ketones (excluding diaryl/α,β-unsaturated/α-hetero) is 1. The molecule has 1 atom stereocenters. The number of nitrogens with zero attached hydrogens (tertiary/aromatic N) is 2. The van der Waals surface area contributed by atoms with Gasteiger partial charge in [0.15, 0.2) is 16.6 Å². The van der Waals surface area contributed by atoms with Gasteiger partial charge in [0.2, 0.25) is 0 Å². The van der Waals surface area contributed by atoms with E-state index in [0.29, 0.717) is 52.2 Å². The van der Waals surface area contributed by atoms with E-state index in [1.54, 1.807) is 30.3 Å². The number of thiazole rings is 1. The van der Waals surface area contributed by atoms with Gasteiger partial charge in [-0.1, -0.05) is 77.6 Å². The van der Waals surface area contributed by atoms with Gasteiger partial charge in [-0.05, 0) is 55.3 Å². The molecular formula is C35H30N2O6S. The molecule has 0 bridgehead atoms. The Morgan fingerprint density at radius 2 is 1.70 bits per heavy atom. The molecule has 1 N–H and O–H groups in total. The fourth-order valence-electron chi connectivity index (χ4n) is 5.17. The van der Waals surface area contributed by atoms with E-state index in [-0.39, 0.29) is 11.3 Å². The first-order chi connectivity index (χ1) is 21.4. The predicted octanol–water partition coefficient (Wildman–Crippen LogP) is 7.22. The summed E-state index contributed by atoms with van der Waals surface area (Å²) in [7, 11) is 1.53. The molecule has 1 unspecified atom stereocenters. The first kappa shape index (κ1) is 28.9. The van der Waals surface area contributed by atoms with Crippen LogP contribution in [0, 0.1) is 6.92 Å². The number of aryl methyl sites for hydroxylation is 1. The van der Waals surface area contributed by atoms with Gasteiger partial charge >= 0.3 is 5.91 Å². The summed E-state index contributed by atoms with van der Waals surface area (Å²) in [5.41, 5.74) is 3.60.